The van der Waals surface area contributed by atoms with E-state index in [9.17, 15) is 22.0 Å². The summed E-state index contributed by atoms with van der Waals surface area (Å²) in [6, 6.07) is 2.45. The molecular weight excluding hydrogens is 217 g/mol. The number of aryl methyl sites for hydroxylation is 1. The Balaban J connectivity index is 3.22. The first-order valence-corrected chi connectivity index (χ1v) is 3.97. The molecule has 0 aliphatic heterocycles. The van der Waals surface area contributed by atoms with Crippen LogP contribution in [0.5, 0.6) is 0 Å². The van der Waals surface area contributed by atoms with Crippen molar-refractivity contribution in [3.8, 4) is 0 Å². The standard InChI is InChI=1S/C9H8F5N/c1-5-4-6(2-3-7(5)15)8(10,11)9(12,13)14/h2-4H,15H2,1H3. The minimum Gasteiger partial charge on any atom is -0.399 e. The third-order valence-electron chi connectivity index (χ3n) is 1.99. The minimum atomic E-state index is -5.59. The molecule has 0 aliphatic rings. The van der Waals surface area contributed by atoms with E-state index in [1.54, 1.807) is 0 Å². The van der Waals surface area contributed by atoms with Crippen molar-refractivity contribution >= 4 is 5.69 Å². The highest BCUT2D eigenvalue weighted by atomic mass is 19.4. The topological polar surface area (TPSA) is 26.0 Å². The van der Waals surface area contributed by atoms with Gasteiger partial charge in [-0.25, -0.2) is 0 Å². The second kappa shape index (κ2) is 3.36. The average molecular weight is 225 g/mol. The van der Waals surface area contributed by atoms with Gasteiger partial charge in [-0.1, -0.05) is 6.07 Å². The molecule has 15 heavy (non-hydrogen) atoms. The summed E-state index contributed by atoms with van der Waals surface area (Å²) in [6.07, 6.45) is -5.59. The van der Waals surface area contributed by atoms with Crippen LogP contribution < -0.4 is 5.73 Å². The van der Waals surface area contributed by atoms with Crippen LogP contribution in [0.4, 0.5) is 27.6 Å². The molecule has 6 heteroatoms. The highest BCUT2D eigenvalue weighted by molar-refractivity contribution is 5.48. The zero-order valence-corrected chi connectivity index (χ0v) is 7.70. The van der Waals surface area contributed by atoms with Crippen molar-refractivity contribution in [1.29, 1.82) is 0 Å². The Morgan fingerprint density at radius 1 is 1.07 bits per heavy atom. The Labute approximate surface area is 82.7 Å². The first kappa shape index (κ1) is 11.7. The number of anilines is 1. The number of hydrogen-bond donors (Lipinski definition) is 1. The van der Waals surface area contributed by atoms with Crippen molar-refractivity contribution in [1.82, 2.24) is 0 Å². The molecule has 1 aromatic carbocycles. The van der Waals surface area contributed by atoms with Crippen LogP contribution in [0.1, 0.15) is 11.1 Å². The van der Waals surface area contributed by atoms with Gasteiger partial charge in [-0.3, -0.25) is 0 Å². The summed E-state index contributed by atoms with van der Waals surface area (Å²) in [5, 5.41) is 0. The zero-order valence-electron chi connectivity index (χ0n) is 7.70. The number of alkyl halides is 5. The quantitative estimate of drug-likeness (QED) is 0.576. The fourth-order valence-electron chi connectivity index (χ4n) is 1.03. The van der Waals surface area contributed by atoms with E-state index in [1.807, 2.05) is 0 Å². The molecule has 0 saturated carbocycles. The maximum absolute atomic E-state index is 12.8. The van der Waals surface area contributed by atoms with Crippen LogP contribution in [-0.2, 0) is 5.92 Å². The summed E-state index contributed by atoms with van der Waals surface area (Å²) < 4.78 is 61.5. The van der Waals surface area contributed by atoms with Crippen LogP contribution in [0.2, 0.25) is 0 Å². The highest BCUT2D eigenvalue weighted by Crippen LogP contribution is 2.44. The number of nitrogen functional groups attached to an aromatic ring is 1. The maximum Gasteiger partial charge on any atom is 0.458 e. The minimum absolute atomic E-state index is 0.178. The summed E-state index contributed by atoms with van der Waals surface area (Å²) in [5.41, 5.74) is 4.59. The van der Waals surface area contributed by atoms with Gasteiger partial charge in [0.15, 0.2) is 0 Å². The SMILES string of the molecule is Cc1cc(C(F)(F)C(F)(F)F)ccc1N. The molecule has 0 aliphatic carbocycles. The largest absolute Gasteiger partial charge is 0.458 e. The lowest BCUT2D eigenvalue weighted by atomic mass is 10.0. The molecule has 84 valence electrons. The number of benzene rings is 1. The molecule has 0 amide bonds. The molecule has 0 radical (unpaired) electrons. The van der Waals surface area contributed by atoms with Gasteiger partial charge in [0, 0.05) is 11.3 Å². The summed E-state index contributed by atoms with van der Waals surface area (Å²) in [6.45, 7) is 1.37. The third kappa shape index (κ3) is 2.03. The smallest absolute Gasteiger partial charge is 0.399 e. The van der Waals surface area contributed by atoms with Crippen LogP contribution in [-0.4, -0.2) is 6.18 Å². The van der Waals surface area contributed by atoms with Crippen LogP contribution in [0, 0.1) is 6.92 Å². The molecule has 0 unspecified atom stereocenters. The van der Waals surface area contributed by atoms with Crippen molar-refractivity contribution in [3.63, 3.8) is 0 Å². The molecule has 0 heterocycles. The second-order valence-electron chi connectivity index (χ2n) is 3.14. The molecular formula is C9H8F5N. The van der Waals surface area contributed by atoms with E-state index in [2.05, 4.69) is 0 Å². The summed E-state index contributed by atoms with van der Waals surface area (Å²) in [4.78, 5) is 0. The van der Waals surface area contributed by atoms with Gasteiger partial charge in [0.2, 0.25) is 0 Å². The highest BCUT2D eigenvalue weighted by Gasteiger charge is 2.58. The molecule has 0 spiro atoms. The molecule has 0 saturated heterocycles. The van der Waals surface area contributed by atoms with Crippen molar-refractivity contribution in [2.45, 2.75) is 19.0 Å². The van der Waals surface area contributed by atoms with E-state index < -0.39 is 17.7 Å². The maximum atomic E-state index is 12.8. The number of rotatable bonds is 1. The predicted molar refractivity (Wildman–Crippen MR) is 45.5 cm³/mol. The van der Waals surface area contributed by atoms with E-state index in [0.29, 0.717) is 6.07 Å². The summed E-state index contributed by atoms with van der Waals surface area (Å²) in [7, 11) is 0. The van der Waals surface area contributed by atoms with Crippen LogP contribution in [0.25, 0.3) is 0 Å². The predicted octanol–water partition coefficient (Wildman–Crippen LogP) is 3.23. The Morgan fingerprint density at radius 2 is 1.60 bits per heavy atom. The first-order chi connectivity index (χ1) is 6.66. The van der Waals surface area contributed by atoms with Gasteiger partial charge < -0.3 is 5.73 Å². The monoisotopic (exact) mass is 225 g/mol. The molecule has 0 bridgehead atoms. The van der Waals surface area contributed by atoms with Crippen molar-refractivity contribution in [3.05, 3.63) is 29.3 Å². The summed E-state index contributed by atoms with van der Waals surface area (Å²) >= 11 is 0. The van der Waals surface area contributed by atoms with E-state index in [-0.39, 0.29) is 11.3 Å². The molecule has 1 rings (SSSR count). The van der Waals surface area contributed by atoms with Crippen LogP contribution >= 0.6 is 0 Å². The molecule has 0 fully saturated rings. The number of hydrogen-bond acceptors (Lipinski definition) is 1. The fourth-order valence-corrected chi connectivity index (χ4v) is 1.03. The normalized spacial score (nSPS) is 12.9. The Hall–Kier alpha value is -1.33. The van der Waals surface area contributed by atoms with Crippen molar-refractivity contribution < 1.29 is 22.0 Å². The molecule has 0 aromatic heterocycles. The van der Waals surface area contributed by atoms with Crippen LogP contribution in [0.3, 0.4) is 0 Å². The second-order valence-corrected chi connectivity index (χ2v) is 3.14. The summed E-state index contributed by atoms with van der Waals surface area (Å²) in [5.74, 6) is -4.84. The lowest BCUT2D eigenvalue weighted by molar-refractivity contribution is -0.289. The van der Waals surface area contributed by atoms with E-state index >= 15 is 0 Å². The molecule has 2 N–H and O–H groups in total. The number of halogens is 5. The molecule has 1 nitrogen and oxygen atoms in total. The van der Waals surface area contributed by atoms with Gasteiger partial charge in [-0.15, -0.1) is 0 Å². The van der Waals surface area contributed by atoms with Gasteiger partial charge >= 0.3 is 12.1 Å². The lowest BCUT2D eigenvalue weighted by Gasteiger charge is -2.20. The van der Waals surface area contributed by atoms with Gasteiger partial charge in [-0.2, -0.15) is 22.0 Å². The fraction of sp³-hybridized carbons (Fsp3) is 0.333. The van der Waals surface area contributed by atoms with Gasteiger partial charge in [-0.05, 0) is 24.6 Å². The van der Waals surface area contributed by atoms with E-state index in [1.165, 1.54) is 6.92 Å². The van der Waals surface area contributed by atoms with E-state index in [4.69, 9.17) is 5.73 Å². The van der Waals surface area contributed by atoms with Gasteiger partial charge in [0.1, 0.15) is 0 Å². The average Bonchev–Trinajstić information content (AvgIpc) is 2.07. The zero-order chi connectivity index (χ0) is 11.9. The van der Waals surface area contributed by atoms with Gasteiger partial charge in [0.25, 0.3) is 0 Å². The molecule has 1 aromatic rings. The third-order valence-corrected chi connectivity index (χ3v) is 1.99. The Kier molecular flexibility index (Phi) is 2.63. The van der Waals surface area contributed by atoms with Crippen molar-refractivity contribution in [2.75, 3.05) is 5.73 Å². The Bertz CT molecular complexity index is 369. The Morgan fingerprint density at radius 3 is 2.00 bits per heavy atom. The number of nitrogens with two attached hydrogens (primary N) is 1. The first-order valence-electron chi connectivity index (χ1n) is 3.97. The molecule has 0 atom stereocenters. The van der Waals surface area contributed by atoms with E-state index in [0.717, 1.165) is 12.1 Å². The van der Waals surface area contributed by atoms with Crippen LogP contribution in [0.15, 0.2) is 18.2 Å². The lowest BCUT2D eigenvalue weighted by Crippen LogP contribution is -2.33. The van der Waals surface area contributed by atoms with Crippen molar-refractivity contribution in [2.24, 2.45) is 0 Å². The van der Waals surface area contributed by atoms with Gasteiger partial charge in [0.05, 0.1) is 0 Å².